The normalized spacial score (nSPS) is 30.4. The van der Waals surface area contributed by atoms with E-state index in [2.05, 4.69) is 43.8 Å². The molecule has 2 bridgehead atoms. The summed E-state index contributed by atoms with van der Waals surface area (Å²) in [6.07, 6.45) is 5.78. The van der Waals surface area contributed by atoms with Crippen molar-refractivity contribution >= 4 is 31.9 Å². The third-order valence-corrected chi connectivity index (χ3v) is 6.87. The van der Waals surface area contributed by atoms with Gasteiger partial charge in [0.2, 0.25) is 0 Å². The van der Waals surface area contributed by atoms with Crippen LogP contribution in [-0.2, 0) is 0 Å². The summed E-state index contributed by atoms with van der Waals surface area (Å²) in [7, 11) is 2.17. The number of furan rings is 1. The fraction of sp³-hybridized carbons (Fsp3) is 0.733. The molecule has 2 N–H and O–H groups in total. The van der Waals surface area contributed by atoms with E-state index in [0.717, 1.165) is 39.2 Å². The van der Waals surface area contributed by atoms with Gasteiger partial charge in [0, 0.05) is 13.1 Å². The van der Waals surface area contributed by atoms with Crippen molar-refractivity contribution in [3.63, 3.8) is 0 Å². The molecule has 3 rings (SSSR count). The number of nitrogens with zero attached hydrogens (tertiary/aromatic N) is 1. The fourth-order valence-corrected chi connectivity index (χ4v) is 4.75. The van der Waals surface area contributed by atoms with E-state index in [9.17, 15) is 0 Å². The molecule has 2 saturated carbocycles. The molecule has 0 aliphatic heterocycles. The monoisotopic (exact) mass is 404 g/mol. The second kappa shape index (κ2) is 6.11. The SMILES string of the molecule is CN(CC1CC2CCC1C2)C(CN)c1cc(Br)c(Br)o1. The van der Waals surface area contributed by atoms with Crippen molar-refractivity contribution in [1.29, 1.82) is 0 Å². The highest BCUT2D eigenvalue weighted by Gasteiger charge is 2.40. The molecule has 4 unspecified atom stereocenters. The van der Waals surface area contributed by atoms with Crippen LogP contribution >= 0.6 is 31.9 Å². The largest absolute Gasteiger partial charge is 0.451 e. The van der Waals surface area contributed by atoms with Gasteiger partial charge in [-0.25, -0.2) is 0 Å². The third-order valence-electron chi connectivity index (χ3n) is 5.15. The minimum absolute atomic E-state index is 0.164. The van der Waals surface area contributed by atoms with E-state index in [1.807, 2.05) is 6.07 Å². The molecule has 0 amide bonds. The molecule has 0 saturated heterocycles. The van der Waals surface area contributed by atoms with E-state index in [0.29, 0.717) is 6.54 Å². The molecule has 1 aromatic rings. The van der Waals surface area contributed by atoms with Crippen molar-refractivity contribution in [2.75, 3.05) is 20.1 Å². The Hall–Kier alpha value is 0.160. The average Bonchev–Trinajstić information content (AvgIpc) is 3.08. The molecule has 2 aliphatic rings. The summed E-state index contributed by atoms with van der Waals surface area (Å²) in [5, 5.41) is 0. The smallest absolute Gasteiger partial charge is 0.183 e. The first-order valence-corrected chi connectivity index (χ1v) is 9.02. The van der Waals surface area contributed by atoms with Gasteiger partial charge in [0.25, 0.3) is 0 Å². The summed E-state index contributed by atoms with van der Waals surface area (Å²) in [6.45, 7) is 1.72. The summed E-state index contributed by atoms with van der Waals surface area (Å²) < 4.78 is 7.47. The maximum absolute atomic E-state index is 5.98. The van der Waals surface area contributed by atoms with E-state index in [1.165, 1.54) is 25.7 Å². The highest BCUT2D eigenvalue weighted by Crippen LogP contribution is 2.48. The van der Waals surface area contributed by atoms with Crippen LogP contribution in [0, 0.1) is 17.8 Å². The second-order valence-corrected chi connectivity index (χ2v) is 7.97. The molecule has 1 heterocycles. The van der Waals surface area contributed by atoms with Gasteiger partial charge in [-0.15, -0.1) is 0 Å². The number of halogens is 2. The number of rotatable bonds is 5. The Kier molecular flexibility index (Phi) is 4.60. The number of nitrogens with two attached hydrogens (primary N) is 1. The lowest BCUT2D eigenvalue weighted by molar-refractivity contribution is 0.160. The first-order valence-electron chi connectivity index (χ1n) is 7.43. The zero-order valence-corrected chi connectivity index (χ0v) is 15.0. The van der Waals surface area contributed by atoms with Gasteiger partial charge in [-0.3, -0.25) is 4.90 Å². The first-order chi connectivity index (χ1) is 9.58. The van der Waals surface area contributed by atoms with Crippen LogP contribution in [0.25, 0.3) is 0 Å². The molecule has 1 aromatic heterocycles. The van der Waals surface area contributed by atoms with Crippen LogP contribution in [0.3, 0.4) is 0 Å². The highest BCUT2D eigenvalue weighted by molar-refractivity contribution is 9.13. The number of hydrogen-bond donors (Lipinski definition) is 1. The van der Waals surface area contributed by atoms with E-state index >= 15 is 0 Å². The average molecular weight is 406 g/mol. The van der Waals surface area contributed by atoms with Crippen LogP contribution in [-0.4, -0.2) is 25.0 Å². The molecule has 2 fully saturated rings. The van der Waals surface area contributed by atoms with E-state index in [-0.39, 0.29) is 6.04 Å². The maximum Gasteiger partial charge on any atom is 0.183 e. The van der Waals surface area contributed by atoms with Crippen LogP contribution in [0.15, 0.2) is 19.6 Å². The molecule has 112 valence electrons. The lowest BCUT2D eigenvalue weighted by Crippen LogP contribution is -2.35. The zero-order chi connectivity index (χ0) is 14.3. The lowest BCUT2D eigenvalue weighted by Gasteiger charge is -2.31. The third kappa shape index (κ3) is 2.87. The molecule has 0 aromatic carbocycles. The topological polar surface area (TPSA) is 42.4 Å². The van der Waals surface area contributed by atoms with Crippen LogP contribution in [0.4, 0.5) is 0 Å². The van der Waals surface area contributed by atoms with E-state index in [4.69, 9.17) is 10.2 Å². The molecule has 0 radical (unpaired) electrons. The molecule has 20 heavy (non-hydrogen) atoms. The number of hydrogen-bond acceptors (Lipinski definition) is 3. The molecule has 5 heteroatoms. The van der Waals surface area contributed by atoms with E-state index < -0.39 is 0 Å². The molecular weight excluding hydrogens is 384 g/mol. The summed E-state index contributed by atoms with van der Waals surface area (Å²) in [5.41, 5.74) is 5.98. The summed E-state index contributed by atoms with van der Waals surface area (Å²) in [5.74, 6) is 3.75. The van der Waals surface area contributed by atoms with Gasteiger partial charge in [-0.1, -0.05) is 6.42 Å². The van der Waals surface area contributed by atoms with Crippen LogP contribution < -0.4 is 5.73 Å². The number of fused-ring (bicyclic) bond motifs is 2. The van der Waals surface area contributed by atoms with Crippen molar-refractivity contribution in [3.8, 4) is 0 Å². The van der Waals surface area contributed by atoms with Crippen molar-refractivity contribution in [2.45, 2.75) is 31.7 Å². The van der Waals surface area contributed by atoms with Gasteiger partial charge < -0.3 is 10.2 Å². The van der Waals surface area contributed by atoms with E-state index in [1.54, 1.807) is 0 Å². The van der Waals surface area contributed by atoms with Gasteiger partial charge in [0.15, 0.2) is 4.67 Å². The summed E-state index contributed by atoms with van der Waals surface area (Å²) >= 11 is 6.88. The summed E-state index contributed by atoms with van der Waals surface area (Å²) in [6, 6.07) is 2.19. The molecule has 3 nitrogen and oxygen atoms in total. The van der Waals surface area contributed by atoms with Crippen LogP contribution in [0.5, 0.6) is 0 Å². The van der Waals surface area contributed by atoms with Crippen molar-refractivity contribution < 1.29 is 4.42 Å². The van der Waals surface area contributed by atoms with Gasteiger partial charge in [0.1, 0.15) is 5.76 Å². The maximum atomic E-state index is 5.98. The Bertz CT molecular complexity index is 457. The molecule has 4 atom stereocenters. The number of likely N-dealkylation sites (N-methyl/N-ethyl adjacent to an activating group) is 1. The Morgan fingerprint density at radius 2 is 2.20 bits per heavy atom. The van der Waals surface area contributed by atoms with Gasteiger partial charge in [0.05, 0.1) is 10.5 Å². The predicted octanol–water partition coefficient (Wildman–Crippen LogP) is 4.17. The van der Waals surface area contributed by atoms with Gasteiger partial charge >= 0.3 is 0 Å². The Morgan fingerprint density at radius 1 is 1.40 bits per heavy atom. The standard InChI is InChI=1S/C15H22Br2N2O/c1-19(8-11-5-9-2-3-10(11)4-9)13(7-18)14-6-12(16)15(17)20-14/h6,9-11,13H,2-5,7-8,18H2,1H3. The molecule has 2 aliphatic carbocycles. The zero-order valence-electron chi connectivity index (χ0n) is 11.8. The van der Waals surface area contributed by atoms with Gasteiger partial charge in [-0.2, -0.15) is 0 Å². The minimum atomic E-state index is 0.164. The molecular formula is C15H22Br2N2O. The quantitative estimate of drug-likeness (QED) is 0.799. The Balaban J connectivity index is 1.66. The minimum Gasteiger partial charge on any atom is -0.451 e. The van der Waals surface area contributed by atoms with Crippen molar-refractivity contribution in [3.05, 3.63) is 21.0 Å². The second-order valence-electron chi connectivity index (χ2n) is 6.40. The lowest BCUT2D eigenvalue weighted by atomic mass is 9.88. The fourth-order valence-electron chi connectivity index (χ4n) is 4.14. The van der Waals surface area contributed by atoms with Crippen molar-refractivity contribution in [2.24, 2.45) is 23.5 Å². The Labute approximate surface area is 137 Å². The Morgan fingerprint density at radius 3 is 2.70 bits per heavy atom. The molecule has 0 spiro atoms. The highest BCUT2D eigenvalue weighted by atomic mass is 79.9. The first kappa shape index (κ1) is 15.1. The summed E-state index contributed by atoms with van der Waals surface area (Å²) in [4.78, 5) is 2.38. The van der Waals surface area contributed by atoms with Crippen molar-refractivity contribution in [1.82, 2.24) is 4.90 Å². The van der Waals surface area contributed by atoms with Gasteiger partial charge in [-0.05, 0) is 82.0 Å². The predicted molar refractivity (Wildman–Crippen MR) is 87.5 cm³/mol. The van der Waals surface area contributed by atoms with Crippen LogP contribution in [0.2, 0.25) is 0 Å². The van der Waals surface area contributed by atoms with Crippen LogP contribution in [0.1, 0.15) is 37.5 Å².